The molecule has 1 rings (SSSR count). The lowest BCUT2D eigenvalue weighted by Gasteiger charge is -2.17. The summed E-state index contributed by atoms with van der Waals surface area (Å²) in [7, 11) is 3.92. The monoisotopic (exact) mass is 303 g/mol. The van der Waals surface area contributed by atoms with Crippen molar-refractivity contribution in [3.05, 3.63) is 42.2 Å². The van der Waals surface area contributed by atoms with Crippen LogP contribution in [0.15, 0.2) is 24.3 Å². The van der Waals surface area contributed by atoms with E-state index in [-0.39, 0.29) is 12.3 Å². The highest BCUT2D eigenvalue weighted by atomic mass is 16.5. The minimum atomic E-state index is -0.996. The highest BCUT2D eigenvalue weighted by molar-refractivity contribution is 5.95. The van der Waals surface area contributed by atoms with Crippen LogP contribution in [0.3, 0.4) is 0 Å². The van der Waals surface area contributed by atoms with Crippen molar-refractivity contribution in [3.63, 3.8) is 0 Å². The van der Waals surface area contributed by atoms with Gasteiger partial charge in [0.1, 0.15) is 5.75 Å². The van der Waals surface area contributed by atoms with Gasteiger partial charge in [-0.05, 0) is 30.5 Å². The van der Waals surface area contributed by atoms with Gasteiger partial charge in [-0.3, -0.25) is 9.59 Å². The van der Waals surface area contributed by atoms with Crippen LogP contribution in [0.4, 0.5) is 0 Å². The number of benzene rings is 1. The average Bonchev–Trinajstić information content (AvgIpc) is 2.57. The van der Waals surface area contributed by atoms with E-state index in [4.69, 9.17) is 10.00 Å². The van der Waals surface area contributed by atoms with Crippen LogP contribution >= 0.6 is 0 Å². The van der Waals surface area contributed by atoms with Gasteiger partial charge in [-0.25, -0.2) is 0 Å². The summed E-state index contributed by atoms with van der Waals surface area (Å²) in [6, 6.07) is 8.87. The summed E-state index contributed by atoms with van der Waals surface area (Å²) in [5.41, 5.74) is 0.830. The number of nitrogens with zero attached hydrogens (tertiary/aromatic N) is 1. The summed E-state index contributed by atoms with van der Waals surface area (Å²) in [5.74, 6) is -2.06. The Hall–Kier alpha value is -2.55. The van der Waals surface area contributed by atoms with Gasteiger partial charge < -0.3 is 14.2 Å². The van der Waals surface area contributed by atoms with Gasteiger partial charge >= 0.3 is 11.9 Å². The number of rotatable bonds is 7. The minimum Gasteiger partial charge on any atom is -0.497 e. The quantitative estimate of drug-likeness (QED) is 0.713. The molecule has 0 aromatic heterocycles. The Morgan fingerprint density at radius 2 is 1.82 bits per heavy atom. The molecule has 1 unspecified atom stereocenters. The van der Waals surface area contributed by atoms with E-state index in [2.05, 4.69) is 9.47 Å². The van der Waals surface area contributed by atoms with Crippen LogP contribution in [0.1, 0.15) is 12.0 Å². The number of carbonyl (C=O) groups is 2. The lowest BCUT2D eigenvalue weighted by Crippen LogP contribution is -2.29. The number of carbonyl (C=O) groups excluding carboxylic acids is 2. The molecule has 0 amide bonds. The molecule has 116 valence electrons. The van der Waals surface area contributed by atoms with E-state index in [1.165, 1.54) is 7.11 Å². The molecule has 6 nitrogen and oxygen atoms in total. The molecule has 0 heterocycles. The normalized spacial score (nSPS) is 11.4. The van der Waals surface area contributed by atoms with Gasteiger partial charge in [-0.15, -0.1) is 0 Å². The van der Waals surface area contributed by atoms with E-state index in [1.54, 1.807) is 43.9 Å². The summed E-state index contributed by atoms with van der Waals surface area (Å²) in [5, 5.41) is 9.08. The second-order valence-corrected chi connectivity index (χ2v) is 4.31. The van der Waals surface area contributed by atoms with Crippen LogP contribution in [0.5, 0.6) is 5.75 Å². The van der Waals surface area contributed by atoms with E-state index in [0.717, 1.165) is 12.7 Å². The highest BCUT2D eigenvalue weighted by Crippen LogP contribution is 2.24. The number of ether oxygens (including phenoxy) is 3. The Balaban J connectivity index is 2.82. The fourth-order valence-electron chi connectivity index (χ4n) is 1.84. The van der Waals surface area contributed by atoms with Crippen LogP contribution in [-0.2, 0) is 19.1 Å². The molecule has 0 saturated carbocycles. The van der Waals surface area contributed by atoms with Gasteiger partial charge in [0.25, 0.3) is 0 Å². The second kappa shape index (κ2) is 8.67. The second-order valence-electron chi connectivity index (χ2n) is 4.31. The standard InChI is InChI=1S/C16H17NO5/c1-20-12-7-4-11(5-8-12)6-9-13(15(18)21-2)14(10-17)16(19)22-3/h4-8,13H,9H2,1-3H3. The number of hydrogen-bond acceptors (Lipinski definition) is 6. The first-order chi connectivity index (χ1) is 10.6. The average molecular weight is 303 g/mol. The molecule has 0 saturated heterocycles. The van der Waals surface area contributed by atoms with Gasteiger partial charge in [-0.2, -0.15) is 5.26 Å². The summed E-state index contributed by atoms with van der Waals surface area (Å²) >= 11 is 0. The van der Waals surface area contributed by atoms with Crippen molar-refractivity contribution >= 4 is 11.9 Å². The Bertz CT molecular complexity index is 547. The molecule has 0 aliphatic heterocycles. The molecule has 0 fully saturated rings. The molecule has 0 bridgehead atoms. The summed E-state index contributed by atoms with van der Waals surface area (Å²) in [4.78, 5) is 23.4. The van der Waals surface area contributed by atoms with Gasteiger partial charge in [0.2, 0.25) is 0 Å². The third kappa shape index (κ3) is 4.48. The molecule has 0 aliphatic carbocycles. The Morgan fingerprint density at radius 3 is 2.27 bits per heavy atom. The SMILES string of the molecule is COC(=O)[C](C#N)C(C[CH]c1ccc(OC)cc1)C(=O)OC. The van der Waals surface area contributed by atoms with Crippen molar-refractivity contribution in [1.82, 2.24) is 0 Å². The summed E-state index contributed by atoms with van der Waals surface area (Å²) < 4.78 is 14.2. The summed E-state index contributed by atoms with van der Waals surface area (Å²) in [6.45, 7) is 0. The zero-order chi connectivity index (χ0) is 16.5. The Morgan fingerprint density at radius 1 is 1.18 bits per heavy atom. The first-order valence-corrected chi connectivity index (χ1v) is 6.47. The fourth-order valence-corrected chi connectivity index (χ4v) is 1.84. The van der Waals surface area contributed by atoms with E-state index in [1.807, 2.05) is 0 Å². The molecular weight excluding hydrogens is 286 g/mol. The zero-order valence-corrected chi connectivity index (χ0v) is 12.7. The summed E-state index contributed by atoms with van der Waals surface area (Å²) in [6.07, 6.45) is 1.89. The molecule has 22 heavy (non-hydrogen) atoms. The maximum absolute atomic E-state index is 11.8. The third-order valence-corrected chi connectivity index (χ3v) is 3.06. The van der Waals surface area contributed by atoms with Crippen molar-refractivity contribution in [3.8, 4) is 11.8 Å². The number of nitriles is 1. The van der Waals surface area contributed by atoms with Crippen LogP contribution in [0.25, 0.3) is 0 Å². The van der Waals surface area contributed by atoms with Crippen molar-refractivity contribution < 1.29 is 23.8 Å². The van der Waals surface area contributed by atoms with E-state index in [0.29, 0.717) is 5.75 Å². The first kappa shape index (κ1) is 17.5. The van der Waals surface area contributed by atoms with Crippen LogP contribution in [0, 0.1) is 29.6 Å². The fraction of sp³-hybridized carbons (Fsp3) is 0.312. The molecule has 1 aromatic carbocycles. The van der Waals surface area contributed by atoms with E-state index in [9.17, 15) is 9.59 Å². The Kier molecular flexibility index (Phi) is 6.90. The topological polar surface area (TPSA) is 85.6 Å². The predicted molar refractivity (Wildman–Crippen MR) is 77.4 cm³/mol. The van der Waals surface area contributed by atoms with E-state index < -0.39 is 17.9 Å². The molecule has 6 heteroatoms. The third-order valence-electron chi connectivity index (χ3n) is 3.06. The molecule has 0 N–H and O–H groups in total. The lowest BCUT2D eigenvalue weighted by atomic mass is 9.88. The minimum absolute atomic E-state index is 0.150. The first-order valence-electron chi connectivity index (χ1n) is 6.47. The van der Waals surface area contributed by atoms with Crippen molar-refractivity contribution in [2.45, 2.75) is 6.42 Å². The number of hydrogen-bond donors (Lipinski definition) is 0. The van der Waals surface area contributed by atoms with Crippen LogP contribution in [-0.4, -0.2) is 33.3 Å². The molecule has 1 aromatic rings. The van der Waals surface area contributed by atoms with Crippen LogP contribution in [0.2, 0.25) is 0 Å². The largest absolute Gasteiger partial charge is 0.497 e. The van der Waals surface area contributed by atoms with Gasteiger partial charge in [0.05, 0.1) is 33.3 Å². The molecule has 2 radical (unpaired) electrons. The van der Waals surface area contributed by atoms with Gasteiger partial charge in [0.15, 0.2) is 5.92 Å². The van der Waals surface area contributed by atoms with Gasteiger partial charge in [0, 0.05) is 0 Å². The maximum atomic E-state index is 11.8. The zero-order valence-electron chi connectivity index (χ0n) is 12.7. The number of esters is 2. The van der Waals surface area contributed by atoms with E-state index >= 15 is 0 Å². The van der Waals surface area contributed by atoms with Gasteiger partial charge in [-0.1, -0.05) is 12.1 Å². The molecule has 0 spiro atoms. The van der Waals surface area contributed by atoms with Crippen molar-refractivity contribution in [2.75, 3.05) is 21.3 Å². The predicted octanol–water partition coefficient (Wildman–Crippen LogP) is 1.70. The lowest BCUT2D eigenvalue weighted by molar-refractivity contribution is -0.148. The molecular formula is C16H17NO5. The number of methoxy groups -OCH3 is 3. The van der Waals surface area contributed by atoms with Crippen molar-refractivity contribution in [2.24, 2.45) is 5.92 Å². The van der Waals surface area contributed by atoms with Crippen LogP contribution < -0.4 is 4.74 Å². The van der Waals surface area contributed by atoms with Crippen molar-refractivity contribution in [1.29, 1.82) is 5.26 Å². The maximum Gasteiger partial charge on any atom is 0.329 e. The Labute approximate surface area is 129 Å². The molecule has 0 aliphatic rings. The smallest absolute Gasteiger partial charge is 0.329 e. The molecule has 1 atom stereocenters. The highest BCUT2D eigenvalue weighted by Gasteiger charge is 2.36.